The first kappa shape index (κ1) is 23.1. The molecule has 35 heavy (non-hydrogen) atoms. The Morgan fingerprint density at radius 3 is 2.37 bits per heavy atom. The summed E-state index contributed by atoms with van der Waals surface area (Å²) in [6, 6.07) is 13.6. The van der Waals surface area contributed by atoms with Crippen LogP contribution < -0.4 is 19.3 Å². The van der Waals surface area contributed by atoms with Crippen molar-refractivity contribution in [3.05, 3.63) is 48.5 Å². The second-order valence-electron chi connectivity index (χ2n) is 9.67. The molecule has 2 aromatic carbocycles. The van der Waals surface area contributed by atoms with E-state index in [0.717, 1.165) is 19.3 Å². The number of nitrogens with zero attached hydrogens (tertiary/aromatic N) is 2. The molecule has 0 bridgehead atoms. The Kier molecular flexibility index (Phi) is 6.05. The van der Waals surface area contributed by atoms with E-state index in [1.54, 1.807) is 60.5 Å². The number of carbonyl (C=O) groups excluding carboxylic acids is 4. The van der Waals surface area contributed by atoms with Crippen LogP contribution in [0.15, 0.2) is 48.5 Å². The van der Waals surface area contributed by atoms with E-state index in [1.165, 1.54) is 4.90 Å². The lowest BCUT2D eigenvalue weighted by molar-refractivity contribution is -0.139. The summed E-state index contributed by atoms with van der Waals surface area (Å²) >= 11 is 0. The largest absolute Gasteiger partial charge is 0.497 e. The molecule has 3 amide bonds. The van der Waals surface area contributed by atoms with Crippen molar-refractivity contribution in [2.45, 2.75) is 32.6 Å². The number of ether oxygens (including phenoxy) is 2. The standard InChI is InChI=1S/C27H28N2O6/c1-16-9-10-22-23(11-16)26(32)29(25(22)31)19-6-4-8-21(14-19)35-27(33)17-12-24(30)28(15-17)18-5-3-7-20(13-18)34-2/h3-8,13-14,16-17,22-23H,9-12,15H2,1-2H3/t16-,17+,22+,23-/m0/s1. The highest BCUT2D eigenvalue weighted by Gasteiger charge is 2.50. The van der Waals surface area contributed by atoms with E-state index >= 15 is 0 Å². The molecule has 8 heteroatoms. The number of rotatable bonds is 5. The number of carbonyl (C=O) groups is 4. The van der Waals surface area contributed by atoms with Crippen molar-refractivity contribution in [3.63, 3.8) is 0 Å². The van der Waals surface area contributed by atoms with Gasteiger partial charge in [-0.2, -0.15) is 0 Å². The lowest BCUT2D eigenvalue weighted by Gasteiger charge is -2.25. The molecule has 0 unspecified atom stereocenters. The van der Waals surface area contributed by atoms with Crippen LogP contribution in [0.4, 0.5) is 11.4 Å². The fraction of sp³-hybridized carbons (Fsp3) is 0.407. The molecule has 2 aliphatic heterocycles. The van der Waals surface area contributed by atoms with Gasteiger partial charge in [0.1, 0.15) is 11.5 Å². The minimum absolute atomic E-state index is 0.0420. The second kappa shape index (κ2) is 9.17. The van der Waals surface area contributed by atoms with Gasteiger partial charge in [0.15, 0.2) is 0 Å². The van der Waals surface area contributed by atoms with Crippen LogP contribution in [0.3, 0.4) is 0 Å². The number of fused-ring (bicyclic) bond motifs is 1. The van der Waals surface area contributed by atoms with Crippen LogP contribution in [0.2, 0.25) is 0 Å². The minimum atomic E-state index is -0.628. The van der Waals surface area contributed by atoms with Crippen molar-refractivity contribution >= 4 is 35.1 Å². The molecule has 182 valence electrons. The van der Waals surface area contributed by atoms with Crippen molar-refractivity contribution in [1.82, 2.24) is 0 Å². The highest BCUT2D eigenvalue weighted by molar-refractivity contribution is 6.22. The Labute approximate surface area is 203 Å². The molecule has 0 spiro atoms. The molecule has 4 atom stereocenters. The number of hydrogen-bond donors (Lipinski definition) is 0. The van der Waals surface area contributed by atoms with Gasteiger partial charge >= 0.3 is 5.97 Å². The van der Waals surface area contributed by atoms with Gasteiger partial charge in [0.05, 0.1) is 30.6 Å². The maximum absolute atomic E-state index is 13.0. The quantitative estimate of drug-likeness (QED) is 0.372. The van der Waals surface area contributed by atoms with Gasteiger partial charge in [-0.1, -0.05) is 19.1 Å². The van der Waals surface area contributed by atoms with Crippen LogP contribution in [0.25, 0.3) is 0 Å². The molecule has 3 aliphatic rings. The van der Waals surface area contributed by atoms with E-state index < -0.39 is 11.9 Å². The van der Waals surface area contributed by atoms with Gasteiger partial charge in [-0.25, -0.2) is 4.90 Å². The van der Waals surface area contributed by atoms with Crippen LogP contribution >= 0.6 is 0 Å². The smallest absolute Gasteiger partial charge is 0.316 e. The molecule has 0 aromatic heterocycles. The zero-order valence-corrected chi connectivity index (χ0v) is 19.8. The lowest BCUT2D eigenvalue weighted by Crippen LogP contribution is -2.31. The highest BCUT2D eigenvalue weighted by Crippen LogP contribution is 2.42. The summed E-state index contributed by atoms with van der Waals surface area (Å²) in [5, 5.41) is 0. The van der Waals surface area contributed by atoms with Crippen LogP contribution in [-0.4, -0.2) is 37.3 Å². The average Bonchev–Trinajstić information content (AvgIpc) is 3.36. The summed E-state index contributed by atoms with van der Waals surface area (Å²) in [4.78, 5) is 54.3. The normalized spacial score (nSPS) is 26.2. The van der Waals surface area contributed by atoms with Gasteiger partial charge in [-0.3, -0.25) is 19.2 Å². The van der Waals surface area contributed by atoms with Gasteiger partial charge in [-0.15, -0.1) is 0 Å². The van der Waals surface area contributed by atoms with Gasteiger partial charge in [0, 0.05) is 30.8 Å². The van der Waals surface area contributed by atoms with Crippen LogP contribution in [-0.2, 0) is 19.2 Å². The van der Waals surface area contributed by atoms with E-state index in [9.17, 15) is 19.2 Å². The summed E-state index contributed by atoms with van der Waals surface area (Å²) in [5.74, 6) is -0.927. The van der Waals surface area contributed by atoms with Gasteiger partial charge in [-0.05, 0) is 49.4 Å². The summed E-state index contributed by atoms with van der Waals surface area (Å²) in [6.07, 6.45) is 2.43. The highest BCUT2D eigenvalue weighted by atomic mass is 16.5. The number of hydrogen-bond acceptors (Lipinski definition) is 6. The molecule has 0 N–H and O–H groups in total. The first-order valence-corrected chi connectivity index (χ1v) is 12.0. The number of imide groups is 1. The zero-order valence-electron chi connectivity index (χ0n) is 19.8. The van der Waals surface area contributed by atoms with Crippen molar-refractivity contribution in [3.8, 4) is 11.5 Å². The van der Waals surface area contributed by atoms with E-state index in [0.29, 0.717) is 23.0 Å². The first-order valence-electron chi connectivity index (χ1n) is 12.0. The van der Waals surface area contributed by atoms with Gasteiger partial charge in [0.2, 0.25) is 17.7 Å². The Bertz CT molecular complexity index is 1190. The Hall–Kier alpha value is -3.68. The topological polar surface area (TPSA) is 93.2 Å². The predicted octanol–water partition coefficient (Wildman–Crippen LogP) is 3.58. The lowest BCUT2D eigenvalue weighted by atomic mass is 9.76. The first-order chi connectivity index (χ1) is 16.9. The predicted molar refractivity (Wildman–Crippen MR) is 128 cm³/mol. The monoisotopic (exact) mass is 476 g/mol. The van der Waals surface area contributed by atoms with Crippen LogP contribution in [0.5, 0.6) is 11.5 Å². The van der Waals surface area contributed by atoms with E-state index in [-0.39, 0.29) is 48.3 Å². The number of esters is 1. The number of amides is 3. The molecule has 2 saturated heterocycles. The van der Waals surface area contributed by atoms with Crippen molar-refractivity contribution in [1.29, 1.82) is 0 Å². The Balaban J connectivity index is 1.28. The summed E-state index contributed by atoms with van der Waals surface area (Å²) in [6.45, 7) is 2.31. The Morgan fingerprint density at radius 2 is 1.60 bits per heavy atom. The third-order valence-electron chi connectivity index (χ3n) is 7.31. The molecule has 5 rings (SSSR count). The van der Waals surface area contributed by atoms with Gasteiger partial charge in [0.25, 0.3) is 0 Å². The second-order valence-corrected chi connectivity index (χ2v) is 9.67. The van der Waals surface area contributed by atoms with Crippen molar-refractivity contribution < 1.29 is 28.7 Å². The average molecular weight is 477 g/mol. The fourth-order valence-corrected chi connectivity index (χ4v) is 5.42. The van der Waals surface area contributed by atoms with Gasteiger partial charge < -0.3 is 14.4 Å². The maximum Gasteiger partial charge on any atom is 0.316 e. The summed E-state index contributed by atoms with van der Waals surface area (Å²) in [5.41, 5.74) is 1.07. The van der Waals surface area contributed by atoms with E-state index in [2.05, 4.69) is 6.92 Å². The SMILES string of the molecule is COc1cccc(N2C[C@H](C(=O)Oc3cccc(N4C(=O)[C@H]5C[C@@H](C)CC[C@H]5C4=O)c3)CC2=O)c1. The molecule has 0 radical (unpaired) electrons. The van der Waals surface area contributed by atoms with E-state index in [4.69, 9.17) is 9.47 Å². The van der Waals surface area contributed by atoms with Crippen molar-refractivity contribution in [2.75, 3.05) is 23.5 Å². The molecule has 2 heterocycles. The van der Waals surface area contributed by atoms with Crippen LogP contribution in [0, 0.1) is 23.7 Å². The zero-order chi connectivity index (χ0) is 24.7. The molecular formula is C27H28N2O6. The molecule has 8 nitrogen and oxygen atoms in total. The Morgan fingerprint density at radius 1 is 0.914 bits per heavy atom. The molecule has 3 fully saturated rings. The third kappa shape index (κ3) is 4.29. The number of methoxy groups -OCH3 is 1. The molecule has 1 saturated carbocycles. The maximum atomic E-state index is 13.0. The molecule has 2 aromatic rings. The summed E-state index contributed by atoms with van der Waals surface area (Å²) < 4.78 is 10.8. The molecular weight excluding hydrogens is 448 g/mol. The fourth-order valence-electron chi connectivity index (χ4n) is 5.42. The third-order valence-corrected chi connectivity index (χ3v) is 7.31. The van der Waals surface area contributed by atoms with Crippen molar-refractivity contribution in [2.24, 2.45) is 23.7 Å². The van der Waals surface area contributed by atoms with Crippen LogP contribution in [0.1, 0.15) is 32.6 Å². The number of benzene rings is 2. The summed E-state index contributed by atoms with van der Waals surface area (Å²) in [7, 11) is 1.55. The number of anilines is 2. The molecule has 1 aliphatic carbocycles. The minimum Gasteiger partial charge on any atom is -0.497 e. The van der Waals surface area contributed by atoms with E-state index in [1.807, 2.05) is 0 Å².